The number of carbonyl (C=O) groups excluding carboxylic acids is 1. The Hall–Kier alpha value is -2.44. The van der Waals surface area contributed by atoms with Crippen molar-refractivity contribution in [2.75, 3.05) is 37.8 Å². The van der Waals surface area contributed by atoms with Crippen molar-refractivity contribution in [3.8, 4) is 0 Å². The van der Waals surface area contributed by atoms with Gasteiger partial charge in [0.1, 0.15) is 10.6 Å². The van der Waals surface area contributed by atoms with Gasteiger partial charge in [0.15, 0.2) is 15.6 Å². The minimum absolute atomic E-state index is 0.0707. The number of anilines is 1. The van der Waals surface area contributed by atoms with Crippen LogP contribution in [0.3, 0.4) is 0 Å². The number of piperazine rings is 1. The van der Waals surface area contributed by atoms with Gasteiger partial charge in [-0.2, -0.15) is 4.31 Å². The Morgan fingerprint density at radius 3 is 2.10 bits per heavy atom. The number of carbonyl (C=O) groups is 1. The molecule has 1 aromatic heterocycles. The van der Waals surface area contributed by atoms with Crippen LogP contribution < -0.4 is 5.32 Å². The smallest absolute Gasteiger partial charge is 0.321 e. The molecule has 29 heavy (non-hydrogen) atoms. The number of amides is 2. The molecule has 0 saturated carbocycles. The summed E-state index contributed by atoms with van der Waals surface area (Å²) in [6.45, 7) is 3.85. The van der Waals surface area contributed by atoms with Crippen LogP contribution in [0.4, 0.5) is 10.5 Å². The lowest BCUT2D eigenvalue weighted by Gasteiger charge is -2.33. The number of hydrogen-bond acceptors (Lipinski definition) is 7. The molecule has 12 heteroatoms. The highest BCUT2D eigenvalue weighted by Crippen LogP contribution is 2.24. The molecule has 1 saturated heterocycles. The predicted octanol–water partition coefficient (Wildman–Crippen LogP) is 1.23. The molecule has 0 aliphatic carbocycles. The van der Waals surface area contributed by atoms with Crippen LogP contribution in [0.5, 0.6) is 0 Å². The Bertz CT molecular complexity index is 1100. The molecular formula is C17H22N4O6S2. The van der Waals surface area contributed by atoms with Crippen LogP contribution in [0.2, 0.25) is 0 Å². The van der Waals surface area contributed by atoms with Crippen molar-refractivity contribution in [3.05, 3.63) is 35.7 Å². The SMILES string of the molecule is Cc1noc(C)c1S(=O)(=O)N1CCN(C(=O)Nc2ccc(S(C)(=O)=O)cc2)CC1. The minimum Gasteiger partial charge on any atom is -0.360 e. The third-order valence-electron chi connectivity index (χ3n) is 4.63. The van der Waals surface area contributed by atoms with Gasteiger partial charge in [-0.05, 0) is 38.1 Å². The van der Waals surface area contributed by atoms with E-state index in [2.05, 4.69) is 10.5 Å². The Morgan fingerprint density at radius 1 is 1.03 bits per heavy atom. The van der Waals surface area contributed by atoms with E-state index in [0.717, 1.165) is 6.26 Å². The molecule has 0 bridgehead atoms. The predicted molar refractivity (Wildman–Crippen MR) is 105 cm³/mol. The van der Waals surface area contributed by atoms with E-state index in [4.69, 9.17) is 4.52 Å². The number of nitrogens with zero attached hydrogens (tertiary/aromatic N) is 3. The minimum atomic E-state index is -3.74. The molecule has 0 radical (unpaired) electrons. The zero-order valence-corrected chi connectivity index (χ0v) is 17.9. The summed E-state index contributed by atoms with van der Waals surface area (Å²) in [5.74, 6) is 0.236. The summed E-state index contributed by atoms with van der Waals surface area (Å²) in [4.78, 5) is 14.2. The van der Waals surface area contributed by atoms with Gasteiger partial charge in [0.05, 0.1) is 4.90 Å². The van der Waals surface area contributed by atoms with E-state index in [1.807, 2.05) is 0 Å². The summed E-state index contributed by atoms with van der Waals surface area (Å²) in [7, 11) is -7.06. The first-order valence-corrected chi connectivity index (χ1v) is 12.1. The van der Waals surface area contributed by atoms with Crippen LogP contribution in [0.25, 0.3) is 0 Å². The van der Waals surface area contributed by atoms with Crippen molar-refractivity contribution in [3.63, 3.8) is 0 Å². The fourth-order valence-electron chi connectivity index (χ4n) is 3.09. The van der Waals surface area contributed by atoms with Gasteiger partial charge in [-0.1, -0.05) is 5.16 Å². The molecule has 158 valence electrons. The first kappa shape index (κ1) is 21.3. The molecule has 0 atom stereocenters. The second-order valence-electron chi connectivity index (χ2n) is 6.77. The maximum atomic E-state index is 12.8. The van der Waals surface area contributed by atoms with E-state index in [-0.39, 0.29) is 47.8 Å². The van der Waals surface area contributed by atoms with Gasteiger partial charge in [-0.25, -0.2) is 21.6 Å². The number of sulfone groups is 1. The summed E-state index contributed by atoms with van der Waals surface area (Å²) in [5, 5.41) is 6.38. The van der Waals surface area contributed by atoms with Crippen molar-refractivity contribution in [2.24, 2.45) is 0 Å². The number of sulfonamides is 1. The summed E-state index contributed by atoms with van der Waals surface area (Å²) in [5.41, 5.74) is 0.758. The zero-order chi connectivity index (χ0) is 21.4. The first-order valence-electron chi connectivity index (χ1n) is 8.79. The molecule has 1 aliphatic heterocycles. The lowest BCUT2D eigenvalue weighted by atomic mass is 10.3. The number of benzene rings is 1. The van der Waals surface area contributed by atoms with Crippen molar-refractivity contribution in [2.45, 2.75) is 23.6 Å². The molecule has 0 unspecified atom stereocenters. The largest absolute Gasteiger partial charge is 0.360 e. The lowest BCUT2D eigenvalue weighted by molar-refractivity contribution is 0.184. The molecular weight excluding hydrogens is 420 g/mol. The molecule has 1 aliphatic rings. The van der Waals surface area contributed by atoms with E-state index in [1.165, 1.54) is 33.5 Å². The van der Waals surface area contributed by atoms with Gasteiger partial charge in [0.25, 0.3) is 0 Å². The highest BCUT2D eigenvalue weighted by atomic mass is 32.2. The average molecular weight is 443 g/mol. The summed E-state index contributed by atoms with van der Waals surface area (Å²) in [6.07, 6.45) is 1.11. The summed E-state index contributed by atoms with van der Waals surface area (Å²) in [6, 6.07) is 5.46. The lowest BCUT2D eigenvalue weighted by Crippen LogP contribution is -2.51. The normalized spacial score (nSPS) is 16.0. The highest BCUT2D eigenvalue weighted by molar-refractivity contribution is 7.90. The van der Waals surface area contributed by atoms with Gasteiger partial charge >= 0.3 is 6.03 Å². The molecule has 3 rings (SSSR count). The molecule has 2 heterocycles. The van der Waals surface area contributed by atoms with Crippen LogP contribution in [0, 0.1) is 13.8 Å². The van der Waals surface area contributed by atoms with E-state index < -0.39 is 19.9 Å². The highest BCUT2D eigenvalue weighted by Gasteiger charge is 2.34. The Balaban J connectivity index is 1.62. The fraction of sp³-hybridized carbons (Fsp3) is 0.412. The molecule has 0 spiro atoms. The van der Waals surface area contributed by atoms with Crippen molar-refractivity contribution in [1.29, 1.82) is 0 Å². The molecule has 2 aromatic rings. The standard InChI is InChI=1S/C17H22N4O6S2/c1-12-16(13(2)27-19-12)29(25,26)21-10-8-20(9-11-21)17(22)18-14-4-6-15(7-5-14)28(3,23)24/h4-7H,8-11H2,1-3H3,(H,18,22). The van der Waals surface area contributed by atoms with E-state index in [1.54, 1.807) is 13.8 Å². The van der Waals surface area contributed by atoms with E-state index >= 15 is 0 Å². The molecule has 1 fully saturated rings. The van der Waals surface area contributed by atoms with Gasteiger partial charge in [0.2, 0.25) is 10.0 Å². The summed E-state index contributed by atoms with van der Waals surface area (Å²) < 4.78 is 54.9. The maximum absolute atomic E-state index is 12.8. The number of aromatic nitrogens is 1. The molecule has 10 nitrogen and oxygen atoms in total. The third kappa shape index (κ3) is 4.43. The second-order valence-corrected chi connectivity index (χ2v) is 10.7. The Kier molecular flexibility index (Phi) is 5.70. The van der Waals surface area contributed by atoms with Gasteiger partial charge in [-0.3, -0.25) is 0 Å². The number of aryl methyl sites for hydroxylation is 2. The number of urea groups is 1. The number of rotatable bonds is 4. The fourth-order valence-corrected chi connectivity index (χ4v) is 5.44. The number of hydrogen-bond donors (Lipinski definition) is 1. The Labute approximate surface area is 169 Å². The third-order valence-corrected chi connectivity index (χ3v) is 7.90. The van der Waals surface area contributed by atoms with Crippen LogP contribution in [0.15, 0.2) is 38.6 Å². The average Bonchev–Trinajstić information content (AvgIpc) is 3.00. The quantitative estimate of drug-likeness (QED) is 0.754. The monoisotopic (exact) mass is 442 g/mol. The van der Waals surface area contributed by atoms with Gasteiger partial charge < -0.3 is 14.7 Å². The molecule has 1 aromatic carbocycles. The van der Waals surface area contributed by atoms with Gasteiger partial charge in [-0.15, -0.1) is 0 Å². The van der Waals surface area contributed by atoms with Crippen LogP contribution >= 0.6 is 0 Å². The van der Waals surface area contributed by atoms with Crippen molar-refractivity contribution < 1.29 is 26.2 Å². The number of nitrogens with one attached hydrogen (secondary N) is 1. The van der Waals surface area contributed by atoms with Crippen molar-refractivity contribution in [1.82, 2.24) is 14.4 Å². The molecule has 2 amide bonds. The zero-order valence-electron chi connectivity index (χ0n) is 16.2. The summed E-state index contributed by atoms with van der Waals surface area (Å²) >= 11 is 0. The van der Waals surface area contributed by atoms with E-state index in [9.17, 15) is 21.6 Å². The van der Waals surface area contributed by atoms with Crippen molar-refractivity contribution >= 4 is 31.6 Å². The van der Waals surface area contributed by atoms with Crippen LogP contribution in [-0.4, -0.2) is 69.7 Å². The first-order chi connectivity index (χ1) is 13.5. The van der Waals surface area contributed by atoms with Crippen LogP contribution in [0.1, 0.15) is 11.5 Å². The van der Waals surface area contributed by atoms with Crippen LogP contribution in [-0.2, 0) is 19.9 Å². The molecule has 1 N–H and O–H groups in total. The topological polar surface area (TPSA) is 130 Å². The van der Waals surface area contributed by atoms with Gasteiger partial charge in [0, 0.05) is 38.1 Å². The van der Waals surface area contributed by atoms with E-state index in [0.29, 0.717) is 11.4 Å². The Morgan fingerprint density at radius 2 is 1.62 bits per heavy atom. The second kappa shape index (κ2) is 7.76. The maximum Gasteiger partial charge on any atom is 0.321 e.